The molecule has 0 atom stereocenters. The van der Waals surface area contributed by atoms with Crippen molar-refractivity contribution < 1.29 is 4.79 Å². The monoisotopic (exact) mass is 351 g/mol. The van der Waals surface area contributed by atoms with Gasteiger partial charge in [-0.2, -0.15) is 5.10 Å². The van der Waals surface area contributed by atoms with Crippen molar-refractivity contribution in [3.05, 3.63) is 47.8 Å². The van der Waals surface area contributed by atoms with E-state index in [1.54, 1.807) is 12.3 Å². The minimum atomic E-state index is -0.196. The number of pyridine rings is 1. The van der Waals surface area contributed by atoms with Crippen LogP contribution in [0.2, 0.25) is 0 Å². The topological polar surface area (TPSA) is 72.7 Å². The summed E-state index contributed by atoms with van der Waals surface area (Å²) >= 11 is 1.46. The summed E-state index contributed by atoms with van der Waals surface area (Å²) in [6, 6.07) is 9.78. The molecule has 0 fully saturated rings. The number of anilines is 1. The molecular formula is C18H17N5OS. The van der Waals surface area contributed by atoms with Crippen LogP contribution < -0.4 is 5.32 Å². The van der Waals surface area contributed by atoms with Crippen LogP contribution in [0.4, 0.5) is 5.13 Å². The van der Waals surface area contributed by atoms with Crippen molar-refractivity contribution in [2.24, 2.45) is 0 Å². The zero-order valence-corrected chi connectivity index (χ0v) is 15.0. The predicted molar refractivity (Wildman–Crippen MR) is 100 cm³/mol. The first-order valence-corrected chi connectivity index (χ1v) is 8.86. The smallest absolute Gasteiger partial charge is 0.258 e. The van der Waals surface area contributed by atoms with Crippen molar-refractivity contribution in [1.82, 2.24) is 19.7 Å². The normalized spacial score (nSPS) is 11.5. The van der Waals surface area contributed by atoms with Crippen molar-refractivity contribution >= 4 is 43.6 Å². The first-order valence-electron chi connectivity index (χ1n) is 8.04. The number of aryl methyl sites for hydroxylation is 1. The van der Waals surface area contributed by atoms with Gasteiger partial charge in [0.25, 0.3) is 5.91 Å². The average molecular weight is 351 g/mol. The minimum Gasteiger partial charge on any atom is -0.298 e. The van der Waals surface area contributed by atoms with E-state index >= 15 is 0 Å². The Kier molecular flexibility index (Phi) is 3.73. The maximum atomic E-state index is 12.8. The predicted octanol–water partition coefficient (Wildman–Crippen LogP) is 4.18. The summed E-state index contributed by atoms with van der Waals surface area (Å²) in [5, 5.41) is 8.63. The number of nitrogens with one attached hydrogen (secondary N) is 1. The fraction of sp³-hybridized carbons (Fsp3) is 0.222. The lowest BCUT2D eigenvalue weighted by atomic mass is 10.1. The number of thiazole rings is 1. The van der Waals surface area contributed by atoms with E-state index in [1.807, 2.05) is 49.7 Å². The Balaban J connectivity index is 1.74. The Hall–Kier alpha value is -2.80. The van der Waals surface area contributed by atoms with E-state index in [0.29, 0.717) is 10.7 Å². The summed E-state index contributed by atoms with van der Waals surface area (Å²) in [5.41, 5.74) is 2.95. The summed E-state index contributed by atoms with van der Waals surface area (Å²) in [6.07, 6.45) is 1.70. The molecule has 0 radical (unpaired) electrons. The second-order valence-corrected chi connectivity index (χ2v) is 7.20. The summed E-state index contributed by atoms with van der Waals surface area (Å²) in [7, 11) is 0. The highest BCUT2D eigenvalue weighted by atomic mass is 32.1. The molecule has 4 aromatic rings. The first kappa shape index (κ1) is 15.7. The largest absolute Gasteiger partial charge is 0.298 e. The summed E-state index contributed by atoms with van der Waals surface area (Å²) in [4.78, 5) is 21.8. The Morgan fingerprint density at radius 2 is 2.04 bits per heavy atom. The number of fused-ring (bicyclic) bond motifs is 2. The van der Waals surface area contributed by atoms with Crippen LogP contribution >= 0.6 is 11.3 Å². The van der Waals surface area contributed by atoms with Crippen LogP contribution in [0.25, 0.3) is 21.3 Å². The molecule has 0 saturated carbocycles. The lowest BCUT2D eigenvalue weighted by Crippen LogP contribution is -2.13. The molecule has 0 aliphatic carbocycles. The van der Waals surface area contributed by atoms with Crippen LogP contribution in [0.15, 0.2) is 36.5 Å². The van der Waals surface area contributed by atoms with Gasteiger partial charge in [0.2, 0.25) is 0 Å². The van der Waals surface area contributed by atoms with Gasteiger partial charge < -0.3 is 0 Å². The fourth-order valence-electron chi connectivity index (χ4n) is 2.80. The van der Waals surface area contributed by atoms with Crippen LogP contribution in [0.1, 0.15) is 35.9 Å². The SMILES string of the molecule is Cc1cc(C(=O)Nc2nc3ccccc3s2)c2cnn(C(C)C)c2n1. The van der Waals surface area contributed by atoms with Crippen LogP contribution in [0.3, 0.4) is 0 Å². The van der Waals surface area contributed by atoms with Crippen LogP contribution in [-0.4, -0.2) is 25.7 Å². The van der Waals surface area contributed by atoms with Crippen LogP contribution in [-0.2, 0) is 0 Å². The zero-order valence-electron chi connectivity index (χ0n) is 14.1. The van der Waals surface area contributed by atoms with E-state index in [4.69, 9.17) is 0 Å². The highest BCUT2D eigenvalue weighted by molar-refractivity contribution is 7.22. The van der Waals surface area contributed by atoms with Crippen LogP contribution in [0.5, 0.6) is 0 Å². The summed E-state index contributed by atoms with van der Waals surface area (Å²) in [5.74, 6) is -0.196. The molecule has 1 N–H and O–H groups in total. The Morgan fingerprint density at radius 3 is 2.80 bits per heavy atom. The van der Waals surface area contributed by atoms with Gasteiger partial charge in [0.15, 0.2) is 10.8 Å². The van der Waals surface area contributed by atoms with Gasteiger partial charge in [-0.3, -0.25) is 10.1 Å². The molecule has 0 aliphatic heterocycles. The first-order chi connectivity index (χ1) is 12.0. The molecule has 1 amide bonds. The van der Waals surface area contributed by atoms with E-state index in [2.05, 4.69) is 20.4 Å². The lowest BCUT2D eigenvalue weighted by Gasteiger charge is -2.08. The van der Waals surface area contributed by atoms with Gasteiger partial charge in [-0.15, -0.1) is 0 Å². The second kappa shape index (κ2) is 5.93. The maximum Gasteiger partial charge on any atom is 0.258 e. The number of rotatable bonds is 3. The number of carbonyl (C=O) groups excluding carboxylic acids is 1. The molecule has 126 valence electrons. The van der Waals surface area contributed by atoms with E-state index in [0.717, 1.165) is 26.9 Å². The van der Waals surface area contributed by atoms with Gasteiger partial charge in [-0.25, -0.2) is 14.6 Å². The van der Waals surface area contributed by atoms with Gasteiger partial charge >= 0.3 is 0 Å². The molecule has 6 nitrogen and oxygen atoms in total. The lowest BCUT2D eigenvalue weighted by molar-refractivity contribution is 0.102. The number of nitrogens with zero attached hydrogens (tertiary/aromatic N) is 4. The standard InChI is InChI=1S/C18H17N5OS/c1-10(2)23-16-13(9-19-23)12(8-11(3)20-16)17(24)22-18-21-14-6-4-5-7-15(14)25-18/h4-10H,1-3H3,(H,21,22,24). The number of amides is 1. The van der Waals surface area contributed by atoms with Crippen LogP contribution in [0, 0.1) is 6.92 Å². The van der Waals surface area contributed by atoms with E-state index in [-0.39, 0.29) is 11.9 Å². The van der Waals surface area contributed by atoms with E-state index < -0.39 is 0 Å². The number of hydrogen-bond donors (Lipinski definition) is 1. The molecule has 3 aromatic heterocycles. The van der Waals surface area contributed by atoms with E-state index in [9.17, 15) is 4.79 Å². The molecule has 0 spiro atoms. The number of carbonyl (C=O) groups is 1. The molecule has 0 aliphatic rings. The Bertz CT molecular complexity index is 1060. The second-order valence-electron chi connectivity index (χ2n) is 6.17. The van der Waals surface area contributed by atoms with Crippen molar-refractivity contribution in [3.8, 4) is 0 Å². The molecule has 4 rings (SSSR count). The van der Waals surface area contributed by atoms with Gasteiger partial charge in [-0.05, 0) is 39.0 Å². The highest BCUT2D eigenvalue weighted by Crippen LogP contribution is 2.27. The number of para-hydroxylation sites is 1. The third-order valence-corrected chi connectivity index (χ3v) is 4.89. The quantitative estimate of drug-likeness (QED) is 0.601. The molecular weight excluding hydrogens is 334 g/mol. The van der Waals surface area contributed by atoms with Crippen molar-refractivity contribution in [3.63, 3.8) is 0 Å². The Morgan fingerprint density at radius 1 is 1.24 bits per heavy atom. The molecule has 25 heavy (non-hydrogen) atoms. The zero-order chi connectivity index (χ0) is 17.6. The molecule has 0 saturated heterocycles. The molecule has 1 aromatic carbocycles. The number of benzene rings is 1. The van der Waals surface area contributed by atoms with Gasteiger partial charge in [-0.1, -0.05) is 23.5 Å². The van der Waals surface area contributed by atoms with Crippen molar-refractivity contribution in [2.45, 2.75) is 26.8 Å². The fourth-order valence-corrected chi connectivity index (χ4v) is 3.66. The molecule has 0 bridgehead atoms. The third kappa shape index (κ3) is 2.76. The third-order valence-electron chi connectivity index (χ3n) is 3.94. The van der Waals surface area contributed by atoms with Crippen molar-refractivity contribution in [1.29, 1.82) is 0 Å². The molecule has 0 unspecified atom stereocenters. The Labute approximate surface area is 148 Å². The molecule has 7 heteroatoms. The van der Waals surface area contributed by atoms with Gasteiger partial charge in [0.05, 0.1) is 27.4 Å². The minimum absolute atomic E-state index is 0.173. The maximum absolute atomic E-state index is 12.8. The van der Waals surface area contributed by atoms with Gasteiger partial charge in [0, 0.05) is 11.7 Å². The average Bonchev–Trinajstić information content (AvgIpc) is 3.16. The number of hydrogen-bond acceptors (Lipinski definition) is 5. The highest BCUT2D eigenvalue weighted by Gasteiger charge is 2.18. The summed E-state index contributed by atoms with van der Waals surface area (Å²) < 4.78 is 2.87. The van der Waals surface area contributed by atoms with E-state index in [1.165, 1.54) is 11.3 Å². The molecule has 3 heterocycles. The summed E-state index contributed by atoms with van der Waals surface area (Å²) in [6.45, 7) is 5.96. The van der Waals surface area contributed by atoms with Crippen molar-refractivity contribution in [2.75, 3.05) is 5.32 Å². The number of aromatic nitrogens is 4. The van der Waals surface area contributed by atoms with Gasteiger partial charge in [0.1, 0.15) is 0 Å².